The van der Waals surface area contributed by atoms with E-state index in [9.17, 15) is 0 Å². The maximum Gasteiger partial charge on any atom is 0.122 e. The minimum atomic E-state index is 0.564. The Morgan fingerprint density at radius 3 is 2.63 bits per heavy atom. The largest absolute Gasteiger partial charge is 0.496 e. The van der Waals surface area contributed by atoms with Crippen LogP contribution in [0.4, 0.5) is 0 Å². The third-order valence-corrected chi connectivity index (χ3v) is 5.07. The molecule has 1 aliphatic carbocycles. The van der Waals surface area contributed by atoms with Gasteiger partial charge in [-0.25, -0.2) is 0 Å². The summed E-state index contributed by atoms with van der Waals surface area (Å²) in [6, 6.07) is 6.83. The van der Waals surface area contributed by atoms with Crippen LogP contribution >= 0.6 is 0 Å². The molecular weight excluding hydrogens is 234 g/mol. The molecule has 1 aromatic rings. The first-order chi connectivity index (χ1) is 9.13. The lowest BCUT2D eigenvalue weighted by Gasteiger charge is -2.39. The molecule has 1 atom stereocenters. The lowest BCUT2D eigenvalue weighted by Crippen LogP contribution is -2.51. The normalized spacial score (nSPS) is 24.7. The average molecular weight is 259 g/mol. The van der Waals surface area contributed by atoms with Crippen LogP contribution in [0.3, 0.4) is 0 Å². The fourth-order valence-electron chi connectivity index (χ4n) is 3.70. The summed E-state index contributed by atoms with van der Waals surface area (Å²) < 4.78 is 5.65. The zero-order chi connectivity index (χ0) is 13.5. The van der Waals surface area contributed by atoms with Crippen molar-refractivity contribution in [3.05, 3.63) is 29.3 Å². The van der Waals surface area contributed by atoms with Gasteiger partial charge >= 0.3 is 0 Å². The van der Waals surface area contributed by atoms with Crippen molar-refractivity contribution >= 4 is 0 Å². The van der Waals surface area contributed by atoms with E-state index in [0.717, 1.165) is 5.75 Å². The van der Waals surface area contributed by atoms with Gasteiger partial charge in [0.05, 0.1) is 7.11 Å². The van der Waals surface area contributed by atoms with Gasteiger partial charge in [-0.15, -0.1) is 0 Å². The topological polar surface area (TPSA) is 21.3 Å². The summed E-state index contributed by atoms with van der Waals surface area (Å²) in [7, 11) is 1.80. The molecule has 2 fully saturated rings. The third kappa shape index (κ3) is 2.27. The van der Waals surface area contributed by atoms with Gasteiger partial charge in [-0.3, -0.25) is 0 Å². The Balaban J connectivity index is 1.84. The quantitative estimate of drug-likeness (QED) is 0.894. The van der Waals surface area contributed by atoms with Gasteiger partial charge in [-0.1, -0.05) is 26.0 Å². The number of hydrogen-bond acceptors (Lipinski definition) is 2. The van der Waals surface area contributed by atoms with Gasteiger partial charge in [0, 0.05) is 13.1 Å². The summed E-state index contributed by atoms with van der Waals surface area (Å²) in [5.74, 6) is 2.35. The van der Waals surface area contributed by atoms with Gasteiger partial charge in [0.15, 0.2) is 0 Å². The smallest absolute Gasteiger partial charge is 0.122 e. The Morgan fingerprint density at radius 2 is 2.11 bits per heavy atom. The molecule has 104 valence electrons. The van der Waals surface area contributed by atoms with E-state index in [0.29, 0.717) is 17.3 Å². The maximum absolute atomic E-state index is 5.65. The van der Waals surface area contributed by atoms with E-state index in [1.165, 1.54) is 43.5 Å². The molecule has 3 rings (SSSR count). The Bertz CT molecular complexity index is 462. The van der Waals surface area contributed by atoms with Crippen LogP contribution in [0.25, 0.3) is 0 Å². The van der Waals surface area contributed by atoms with Crippen LogP contribution in [0, 0.1) is 5.41 Å². The van der Waals surface area contributed by atoms with E-state index in [4.69, 9.17) is 4.74 Å². The summed E-state index contributed by atoms with van der Waals surface area (Å²) >= 11 is 0. The van der Waals surface area contributed by atoms with Gasteiger partial charge in [0.1, 0.15) is 5.75 Å². The fraction of sp³-hybridized carbons (Fsp3) is 0.647. The monoisotopic (exact) mass is 259 g/mol. The molecule has 1 aromatic carbocycles. The van der Waals surface area contributed by atoms with Crippen molar-refractivity contribution in [1.82, 2.24) is 5.32 Å². The number of rotatable bonds is 3. The second-order valence-corrected chi connectivity index (χ2v) is 6.70. The molecule has 2 aliphatic rings. The van der Waals surface area contributed by atoms with Gasteiger partial charge in [-0.05, 0) is 53.7 Å². The van der Waals surface area contributed by atoms with E-state index in [-0.39, 0.29) is 0 Å². The maximum atomic E-state index is 5.65. The minimum absolute atomic E-state index is 0.564. The van der Waals surface area contributed by atoms with E-state index in [2.05, 4.69) is 37.4 Å². The van der Waals surface area contributed by atoms with Gasteiger partial charge in [0.25, 0.3) is 0 Å². The van der Waals surface area contributed by atoms with Crippen molar-refractivity contribution in [2.75, 3.05) is 20.2 Å². The molecule has 1 saturated heterocycles. The minimum Gasteiger partial charge on any atom is -0.496 e. The van der Waals surface area contributed by atoms with Crippen molar-refractivity contribution in [2.45, 2.75) is 44.9 Å². The fourth-order valence-corrected chi connectivity index (χ4v) is 3.70. The van der Waals surface area contributed by atoms with Gasteiger partial charge < -0.3 is 10.1 Å². The molecule has 1 unspecified atom stereocenters. The highest BCUT2D eigenvalue weighted by Crippen LogP contribution is 2.50. The first-order valence-corrected chi connectivity index (χ1v) is 7.52. The first kappa shape index (κ1) is 13.0. The van der Waals surface area contributed by atoms with E-state index >= 15 is 0 Å². The molecule has 1 N–H and O–H groups in total. The molecule has 0 aromatic heterocycles. The van der Waals surface area contributed by atoms with E-state index < -0.39 is 0 Å². The highest BCUT2D eigenvalue weighted by molar-refractivity contribution is 5.41. The highest BCUT2D eigenvalue weighted by Gasteiger charge is 2.44. The molecule has 0 amide bonds. The molecule has 2 nitrogen and oxygen atoms in total. The molecule has 1 spiro atoms. The molecule has 2 heteroatoms. The van der Waals surface area contributed by atoms with Crippen LogP contribution in [0.1, 0.15) is 56.1 Å². The standard InChI is InChI=1S/C17H25NO/c1-12(2)13-4-5-15(16(8-13)19-3)14-6-7-17(9-14)10-18-11-17/h4-5,8,12,14,18H,6-7,9-11H2,1-3H3. The molecule has 0 bridgehead atoms. The molecule has 19 heavy (non-hydrogen) atoms. The van der Waals surface area contributed by atoms with E-state index in [1.807, 2.05) is 0 Å². The van der Waals surface area contributed by atoms with Crippen LogP contribution in [0.15, 0.2) is 18.2 Å². The number of benzene rings is 1. The number of ether oxygens (including phenoxy) is 1. The predicted octanol–water partition coefficient (Wildman–Crippen LogP) is 3.68. The lowest BCUT2D eigenvalue weighted by atomic mass is 9.78. The van der Waals surface area contributed by atoms with Crippen molar-refractivity contribution in [3.8, 4) is 5.75 Å². The molecular formula is C17H25NO. The Morgan fingerprint density at radius 1 is 1.32 bits per heavy atom. The third-order valence-electron chi connectivity index (χ3n) is 5.07. The highest BCUT2D eigenvalue weighted by atomic mass is 16.5. The van der Waals surface area contributed by atoms with Crippen LogP contribution in [-0.4, -0.2) is 20.2 Å². The molecule has 0 radical (unpaired) electrons. The average Bonchev–Trinajstić information content (AvgIpc) is 2.83. The second kappa shape index (κ2) is 4.82. The van der Waals surface area contributed by atoms with Crippen molar-refractivity contribution in [1.29, 1.82) is 0 Å². The van der Waals surface area contributed by atoms with Crippen LogP contribution in [-0.2, 0) is 0 Å². The summed E-state index contributed by atoms with van der Waals surface area (Å²) in [5.41, 5.74) is 3.40. The Hall–Kier alpha value is -1.02. The van der Waals surface area contributed by atoms with Crippen molar-refractivity contribution < 1.29 is 4.74 Å². The molecule has 1 aliphatic heterocycles. The zero-order valence-electron chi connectivity index (χ0n) is 12.3. The Kier molecular flexibility index (Phi) is 3.30. The number of nitrogens with one attached hydrogen (secondary N) is 1. The van der Waals surface area contributed by atoms with Gasteiger partial charge in [-0.2, -0.15) is 0 Å². The lowest BCUT2D eigenvalue weighted by molar-refractivity contribution is 0.175. The second-order valence-electron chi connectivity index (χ2n) is 6.70. The number of methoxy groups -OCH3 is 1. The SMILES string of the molecule is COc1cc(C(C)C)ccc1C1CCC2(CNC2)C1. The Labute approximate surface area is 116 Å². The van der Waals surface area contributed by atoms with Crippen LogP contribution in [0.2, 0.25) is 0 Å². The summed E-state index contributed by atoms with van der Waals surface area (Å²) in [6.45, 7) is 6.91. The van der Waals surface area contributed by atoms with E-state index in [1.54, 1.807) is 7.11 Å². The van der Waals surface area contributed by atoms with Gasteiger partial charge in [0.2, 0.25) is 0 Å². The van der Waals surface area contributed by atoms with Crippen molar-refractivity contribution in [3.63, 3.8) is 0 Å². The zero-order valence-corrected chi connectivity index (χ0v) is 12.3. The molecule has 1 saturated carbocycles. The summed E-state index contributed by atoms with van der Waals surface area (Å²) in [6.07, 6.45) is 4.02. The van der Waals surface area contributed by atoms with Crippen LogP contribution < -0.4 is 10.1 Å². The molecule has 1 heterocycles. The summed E-state index contributed by atoms with van der Waals surface area (Å²) in [4.78, 5) is 0. The first-order valence-electron chi connectivity index (χ1n) is 7.52. The summed E-state index contributed by atoms with van der Waals surface area (Å²) in [5, 5.41) is 3.44. The number of hydrogen-bond donors (Lipinski definition) is 1. The van der Waals surface area contributed by atoms with Crippen molar-refractivity contribution in [2.24, 2.45) is 5.41 Å². The van der Waals surface area contributed by atoms with Crippen LogP contribution in [0.5, 0.6) is 5.75 Å². The predicted molar refractivity (Wildman–Crippen MR) is 79.0 cm³/mol.